The summed E-state index contributed by atoms with van der Waals surface area (Å²) in [6.45, 7) is 2.18. The van der Waals surface area contributed by atoms with Crippen molar-refractivity contribution in [1.29, 1.82) is 5.26 Å². The molecule has 0 aliphatic carbocycles. The minimum Gasteiger partial charge on any atom is -0.372 e. The molecular weight excluding hydrogens is 274 g/mol. The molecular formula is C18H17N3O. The normalized spacial score (nSPS) is 13.7. The number of carbonyl (C=O) groups excluding carboxylic acids is 1. The lowest BCUT2D eigenvalue weighted by Crippen LogP contribution is -2.18. The van der Waals surface area contributed by atoms with E-state index in [-0.39, 0.29) is 5.91 Å². The molecule has 0 radical (unpaired) electrons. The van der Waals surface area contributed by atoms with Crippen molar-refractivity contribution in [2.24, 2.45) is 0 Å². The van der Waals surface area contributed by atoms with Crippen LogP contribution < -0.4 is 10.2 Å². The number of rotatable bonds is 3. The molecule has 1 amide bonds. The summed E-state index contributed by atoms with van der Waals surface area (Å²) in [5.41, 5.74) is 2.95. The van der Waals surface area contributed by atoms with Gasteiger partial charge in [-0.05, 0) is 55.3 Å². The van der Waals surface area contributed by atoms with Gasteiger partial charge in [-0.3, -0.25) is 4.79 Å². The summed E-state index contributed by atoms with van der Waals surface area (Å²) in [4.78, 5) is 14.6. The van der Waals surface area contributed by atoms with Crippen LogP contribution in [0.25, 0.3) is 0 Å². The molecule has 1 N–H and O–H groups in total. The van der Waals surface area contributed by atoms with Gasteiger partial charge in [-0.2, -0.15) is 5.26 Å². The predicted octanol–water partition coefficient (Wildman–Crippen LogP) is 3.41. The third kappa shape index (κ3) is 3.09. The van der Waals surface area contributed by atoms with Crippen molar-refractivity contribution in [2.45, 2.75) is 12.8 Å². The zero-order valence-electron chi connectivity index (χ0n) is 12.2. The van der Waals surface area contributed by atoms with Crippen LogP contribution in [0.5, 0.6) is 0 Å². The molecule has 1 aliphatic heterocycles. The Bertz CT molecular complexity index is 710. The van der Waals surface area contributed by atoms with Gasteiger partial charge < -0.3 is 10.2 Å². The molecule has 1 saturated heterocycles. The van der Waals surface area contributed by atoms with Crippen molar-refractivity contribution in [3.8, 4) is 6.07 Å². The van der Waals surface area contributed by atoms with Crippen LogP contribution in [-0.2, 0) is 0 Å². The molecule has 0 atom stereocenters. The second-order valence-electron chi connectivity index (χ2n) is 5.39. The molecule has 3 rings (SSSR count). The van der Waals surface area contributed by atoms with Gasteiger partial charge in [0, 0.05) is 30.0 Å². The first-order chi connectivity index (χ1) is 10.8. The minimum atomic E-state index is -0.164. The number of hydrogen-bond donors (Lipinski definition) is 1. The number of carbonyl (C=O) groups is 1. The number of nitrogens with one attached hydrogen (secondary N) is 1. The van der Waals surface area contributed by atoms with Gasteiger partial charge in [-0.25, -0.2) is 0 Å². The second-order valence-corrected chi connectivity index (χ2v) is 5.39. The summed E-state index contributed by atoms with van der Waals surface area (Å²) in [6, 6.07) is 16.6. The van der Waals surface area contributed by atoms with E-state index in [2.05, 4.69) is 16.3 Å². The predicted molar refractivity (Wildman–Crippen MR) is 87.0 cm³/mol. The summed E-state index contributed by atoms with van der Waals surface area (Å²) in [6.07, 6.45) is 2.47. The molecule has 110 valence electrons. The Kier molecular flexibility index (Phi) is 4.06. The number of amides is 1. The maximum absolute atomic E-state index is 12.2. The average molecular weight is 291 g/mol. The van der Waals surface area contributed by atoms with Gasteiger partial charge >= 0.3 is 0 Å². The summed E-state index contributed by atoms with van der Waals surface area (Å²) >= 11 is 0. The first kappa shape index (κ1) is 14.2. The zero-order chi connectivity index (χ0) is 15.4. The molecule has 1 fully saturated rings. The standard InChI is InChI=1S/C18H17N3O/c19-13-14-4-3-5-16(12-14)20-18(22)15-6-8-17(9-7-15)21-10-1-2-11-21/h3-9,12H,1-2,10-11H2,(H,20,22). The van der Waals surface area contributed by atoms with Crippen molar-refractivity contribution >= 4 is 17.3 Å². The van der Waals surface area contributed by atoms with E-state index in [0.717, 1.165) is 13.1 Å². The van der Waals surface area contributed by atoms with Crippen LogP contribution in [0.15, 0.2) is 48.5 Å². The Morgan fingerprint density at radius 1 is 1.09 bits per heavy atom. The number of benzene rings is 2. The van der Waals surface area contributed by atoms with E-state index in [4.69, 9.17) is 5.26 Å². The summed E-state index contributed by atoms with van der Waals surface area (Å²) < 4.78 is 0. The highest BCUT2D eigenvalue weighted by atomic mass is 16.1. The van der Waals surface area contributed by atoms with E-state index in [1.165, 1.54) is 18.5 Å². The fourth-order valence-corrected chi connectivity index (χ4v) is 2.67. The van der Waals surface area contributed by atoms with Gasteiger partial charge in [0.15, 0.2) is 0 Å². The fourth-order valence-electron chi connectivity index (χ4n) is 2.67. The topological polar surface area (TPSA) is 56.1 Å². The Hall–Kier alpha value is -2.80. The highest BCUT2D eigenvalue weighted by Crippen LogP contribution is 2.21. The van der Waals surface area contributed by atoms with E-state index in [1.54, 1.807) is 24.3 Å². The second kappa shape index (κ2) is 6.31. The molecule has 2 aromatic carbocycles. The lowest BCUT2D eigenvalue weighted by atomic mass is 10.1. The van der Waals surface area contributed by atoms with Crippen molar-refractivity contribution in [3.05, 3.63) is 59.7 Å². The lowest BCUT2D eigenvalue weighted by molar-refractivity contribution is 0.102. The summed E-state index contributed by atoms with van der Waals surface area (Å²) in [7, 11) is 0. The largest absolute Gasteiger partial charge is 0.372 e. The number of anilines is 2. The monoisotopic (exact) mass is 291 g/mol. The van der Waals surface area contributed by atoms with Crippen LogP contribution in [0.4, 0.5) is 11.4 Å². The van der Waals surface area contributed by atoms with E-state index < -0.39 is 0 Å². The average Bonchev–Trinajstić information content (AvgIpc) is 3.09. The zero-order valence-corrected chi connectivity index (χ0v) is 12.2. The number of hydrogen-bond acceptors (Lipinski definition) is 3. The molecule has 0 spiro atoms. The first-order valence-corrected chi connectivity index (χ1v) is 7.43. The van der Waals surface area contributed by atoms with Crippen LogP contribution in [0.3, 0.4) is 0 Å². The number of nitriles is 1. The molecule has 0 saturated carbocycles. The van der Waals surface area contributed by atoms with Gasteiger partial charge in [0.1, 0.15) is 0 Å². The Morgan fingerprint density at radius 3 is 2.50 bits per heavy atom. The van der Waals surface area contributed by atoms with Gasteiger partial charge in [-0.1, -0.05) is 6.07 Å². The SMILES string of the molecule is N#Cc1cccc(NC(=O)c2ccc(N3CCCC3)cc2)c1. The minimum absolute atomic E-state index is 0.164. The third-order valence-electron chi connectivity index (χ3n) is 3.85. The third-order valence-corrected chi connectivity index (χ3v) is 3.85. The Balaban J connectivity index is 1.70. The first-order valence-electron chi connectivity index (χ1n) is 7.43. The molecule has 4 heteroatoms. The fraction of sp³-hybridized carbons (Fsp3) is 0.222. The van der Waals surface area contributed by atoms with Crippen molar-refractivity contribution < 1.29 is 4.79 Å². The van der Waals surface area contributed by atoms with Gasteiger partial charge in [0.2, 0.25) is 0 Å². The van der Waals surface area contributed by atoms with E-state index >= 15 is 0 Å². The smallest absolute Gasteiger partial charge is 0.255 e. The van der Waals surface area contributed by atoms with Crippen molar-refractivity contribution in [2.75, 3.05) is 23.3 Å². The van der Waals surface area contributed by atoms with Gasteiger partial charge in [-0.15, -0.1) is 0 Å². The Labute approximate surface area is 130 Å². The molecule has 0 unspecified atom stereocenters. The maximum Gasteiger partial charge on any atom is 0.255 e. The molecule has 0 aromatic heterocycles. The quantitative estimate of drug-likeness (QED) is 0.942. The van der Waals surface area contributed by atoms with Gasteiger partial charge in [0.05, 0.1) is 11.6 Å². The van der Waals surface area contributed by atoms with E-state index in [9.17, 15) is 4.79 Å². The summed E-state index contributed by atoms with van der Waals surface area (Å²) in [5, 5.41) is 11.7. The molecule has 2 aromatic rings. The van der Waals surface area contributed by atoms with Crippen LogP contribution in [-0.4, -0.2) is 19.0 Å². The molecule has 1 aliphatic rings. The molecule has 0 bridgehead atoms. The van der Waals surface area contributed by atoms with Crippen molar-refractivity contribution in [3.63, 3.8) is 0 Å². The van der Waals surface area contributed by atoms with E-state index in [0.29, 0.717) is 16.8 Å². The maximum atomic E-state index is 12.2. The van der Waals surface area contributed by atoms with E-state index in [1.807, 2.05) is 24.3 Å². The summed E-state index contributed by atoms with van der Waals surface area (Å²) in [5.74, 6) is -0.164. The molecule has 22 heavy (non-hydrogen) atoms. The molecule has 1 heterocycles. The highest BCUT2D eigenvalue weighted by molar-refractivity contribution is 6.04. The number of nitrogens with zero attached hydrogens (tertiary/aromatic N) is 2. The van der Waals surface area contributed by atoms with Crippen LogP contribution in [0.1, 0.15) is 28.8 Å². The molecule has 4 nitrogen and oxygen atoms in total. The lowest BCUT2D eigenvalue weighted by Gasteiger charge is -2.17. The Morgan fingerprint density at radius 2 is 1.82 bits per heavy atom. The van der Waals surface area contributed by atoms with Gasteiger partial charge in [0.25, 0.3) is 5.91 Å². The van der Waals surface area contributed by atoms with Crippen LogP contribution in [0, 0.1) is 11.3 Å². The highest BCUT2D eigenvalue weighted by Gasteiger charge is 2.13. The van der Waals surface area contributed by atoms with Crippen LogP contribution in [0.2, 0.25) is 0 Å². The van der Waals surface area contributed by atoms with Crippen molar-refractivity contribution in [1.82, 2.24) is 0 Å². The van der Waals surface area contributed by atoms with Crippen LogP contribution >= 0.6 is 0 Å².